The monoisotopic (exact) mass is 499 g/mol. The topological polar surface area (TPSA) is 107 Å². The summed E-state index contributed by atoms with van der Waals surface area (Å²) in [5.41, 5.74) is 2.07. The first-order valence-corrected chi connectivity index (χ1v) is 12.2. The van der Waals surface area contributed by atoms with E-state index < -0.39 is 0 Å². The lowest BCUT2D eigenvalue weighted by molar-refractivity contribution is -0.113. The molecule has 36 heavy (non-hydrogen) atoms. The van der Waals surface area contributed by atoms with Crippen LogP contribution in [0.25, 0.3) is 10.9 Å². The average Bonchev–Trinajstić information content (AvgIpc) is 2.90. The third-order valence-electron chi connectivity index (χ3n) is 5.89. The molecule has 0 unspecified atom stereocenters. The number of nitrogens with one attached hydrogen (secondary N) is 1. The maximum absolute atomic E-state index is 13.0. The number of nitrogens with zero attached hydrogens (tertiary/aromatic N) is 2. The fraction of sp³-hybridized carbons (Fsp3) is 0.148. The van der Waals surface area contributed by atoms with E-state index in [0.717, 1.165) is 11.8 Å². The molecule has 0 saturated heterocycles. The molecule has 1 aliphatic rings. The molecule has 1 heterocycles. The first kappa shape index (κ1) is 23.7. The first-order valence-electron chi connectivity index (χ1n) is 11.2. The summed E-state index contributed by atoms with van der Waals surface area (Å²) >= 11 is 1.14. The number of fused-ring (bicyclic) bond motifs is 3. The molecular weight excluding hydrogens is 478 g/mol. The van der Waals surface area contributed by atoms with Gasteiger partial charge in [-0.25, -0.2) is 4.98 Å². The summed E-state index contributed by atoms with van der Waals surface area (Å²) < 4.78 is 6.63. The van der Waals surface area contributed by atoms with Crippen molar-refractivity contribution in [2.24, 2.45) is 0 Å². The lowest BCUT2D eigenvalue weighted by Crippen LogP contribution is -2.26. The van der Waals surface area contributed by atoms with Crippen LogP contribution in [0.15, 0.2) is 76.7 Å². The molecule has 0 spiro atoms. The normalized spacial score (nSPS) is 12.4. The van der Waals surface area contributed by atoms with Crippen molar-refractivity contribution in [2.75, 3.05) is 24.8 Å². The van der Waals surface area contributed by atoms with Crippen molar-refractivity contribution in [1.82, 2.24) is 9.55 Å². The number of aromatic nitrogens is 2. The summed E-state index contributed by atoms with van der Waals surface area (Å²) in [7, 11) is 1.55. The van der Waals surface area contributed by atoms with Gasteiger partial charge in [-0.05, 0) is 30.3 Å². The zero-order chi connectivity index (χ0) is 25.2. The van der Waals surface area contributed by atoms with Crippen molar-refractivity contribution in [2.45, 2.75) is 11.7 Å². The fourth-order valence-electron chi connectivity index (χ4n) is 4.14. The third-order valence-corrected chi connectivity index (χ3v) is 6.86. The Morgan fingerprint density at radius 1 is 0.917 bits per heavy atom. The van der Waals surface area contributed by atoms with Gasteiger partial charge in [0, 0.05) is 35.1 Å². The van der Waals surface area contributed by atoms with Crippen molar-refractivity contribution in [3.63, 3.8) is 0 Å². The van der Waals surface area contributed by atoms with E-state index >= 15 is 0 Å². The maximum atomic E-state index is 13.0. The Morgan fingerprint density at radius 3 is 2.33 bits per heavy atom. The minimum Gasteiger partial charge on any atom is -0.383 e. The Morgan fingerprint density at radius 2 is 1.58 bits per heavy atom. The zero-order valence-corrected chi connectivity index (χ0v) is 20.1. The Kier molecular flexibility index (Phi) is 6.49. The van der Waals surface area contributed by atoms with Crippen molar-refractivity contribution in [3.05, 3.63) is 99.3 Å². The van der Waals surface area contributed by atoms with Gasteiger partial charge in [-0.1, -0.05) is 48.2 Å². The van der Waals surface area contributed by atoms with Gasteiger partial charge in [-0.3, -0.25) is 23.7 Å². The molecule has 8 nitrogen and oxygen atoms in total. The van der Waals surface area contributed by atoms with Crippen LogP contribution in [-0.4, -0.2) is 46.5 Å². The van der Waals surface area contributed by atoms with Crippen LogP contribution < -0.4 is 10.9 Å². The van der Waals surface area contributed by atoms with Gasteiger partial charge in [0.05, 0.1) is 29.8 Å². The molecule has 180 valence electrons. The van der Waals surface area contributed by atoms with Crippen molar-refractivity contribution in [1.29, 1.82) is 0 Å². The Hall–Kier alpha value is -4.08. The number of hydrogen-bond donors (Lipinski definition) is 1. The quantitative estimate of drug-likeness (QED) is 0.270. The predicted molar refractivity (Wildman–Crippen MR) is 137 cm³/mol. The molecule has 4 aromatic rings. The van der Waals surface area contributed by atoms with E-state index in [1.165, 1.54) is 10.6 Å². The van der Waals surface area contributed by atoms with E-state index in [2.05, 4.69) is 10.3 Å². The van der Waals surface area contributed by atoms with Crippen LogP contribution in [0.3, 0.4) is 0 Å². The lowest BCUT2D eigenvalue weighted by atomic mass is 9.84. The number of anilines is 1. The van der Waals surface area contributed by atoms with E-state index in [-0.39, 0.29) is 34.3 Å². The number of thioether (sulfide) groups is 1. The number of hydrogen-bond acceptors (Lipinski definition) is 7. The second kappa shape index (κ2) is 9.88. The second-order valence-corrected chi connectivity index (χ2v) is 9.10. The molecule has 1 amide bonds. The number of benzene rings is 3. The first-order chi connectivity index (χ1) is 17.5. The van der Waals surface area contributed by atoms with Gasteiger partial charge in [0.15, 0.2) is 16.7 Å². The highest BCUT2D eigenvalue weighted by atomic mass is 32.2. The predicted octanol–water partition coefficient (Wildman–Crippen LogP) is 3.55. The van der Waals surface area contributed by atoms with Gasteiger partial charge in [-0.2, -0.15) is 0 Å². The van der Waals surface area contributed by atoms with E-state index in [4.69, 9.17) is 4.74 Å². The molecule has 1 aliphatic carbocycles. The highest BCUT2D eigenvalue weighted by molar-refractivity contribution is 7.99. The lowest BCUT2D eigenvalue weighted by Gasteiger charge is -2.18. The minimum atomic E-state index is -0.337. The van der Waals surface area contributed by atoms with Crippen LogP contribution in [0.5, 0.6) is 0 Å². The van der Waals surface area contributed by atoms with Gasteiger partial charge < -0.3 is 10.1 Å². The molecule has 0 saturated carbocycles. The second-order valence-electron chi connectivity index (χ2n) is 8.16. The fourth-order valence-corrected chi connectivity index (χ4v) is 4.97. The molecule has 9 heteroatoms. The van der Waals surface area contributed by atoms with Gasteiger partial charge in [0.1, 0.15) is 0 Å². The number of rotatable bonds is 7. The average molecular weight is 500 g/mol. The van der Waals surface area contributed by atoms with Crippen molar-refractivity contribution in [3.8, 4) is 0 Å². The summed E-state index contributed by atoms with van der Waals surface area (Å²) in [6.07, 6.45) is 0. The Labute approximate surface area is 210 Å². The van der Waals surface area contributed by atoms with Crippen LogP contribution in [0, 0.1) is 0 Å². The highest BCUT2D eigenvalue weighted by Crippen LogP contribution is 2.29. The summed E-state index contributed by atoms with van der Waals surface area (Å²) in [6, 6.07) is 18.4. The van der Waals surface area contributed by atoms with Crippen molar-refractivity contribution >= 4 is 45.8 Å². The summed E-state index contributed by atoms with van der Waals surface area (Å²) in [5, 5.41) is 3.68. The molecule has 0 atom stereocenters. The van der Waals surface area contributed by atoms with E-state index in [0.29, 0.717) is 51.6 Å². The van der Waals surface area contributed by atoms with Crippen molar-refractivity contribution < 1.29 is 19.1 Å². The molecule has 5 rings (SSSR count). The molecule has 0 radical (unpaired) electrons. The van der Waals surface area contributed by atoms with E-state index in [1.54, 1.807) is 67.8 Å². The Bertz CT molecular complexity index is 1590. The number of carbonyl (C=O) groups is 3. The molecular formula is C27H21N3O5S. The number of ether oxygens (including phenoxy) is 1. The summed E-state index contributed by atoms with van der Waals surface area (Å²) in [6.45, 7) is 0.629. The van der Waals surface area contributed by atoms with Gasteiger partial charge >= 0.3 is 0 Å². The molecule has 0 fully saturated rings. The van der Waals surface area contributed by atoms with Gasteiger partial charge in [-0.15, -0.1) is 0 Å². The number of carbonyl (C=O) groups excluding carboxylic acids is 3. The number of amides is 1. The van der Waals surface area contributed by atoms with Crippen LogP contribution in [0.2, 0.25) is 0 Å². The molecule has 1 N–H and O–H groups in total. The smallest absolute Gasteiger partial charge is 0.262 e. The number of methoxy groups -OCH3 is 1. The summed E-state index contributed by atoms with van der Waals surface area (Å²) in [5.74, 6) is -0.821. The SMILES string of the molecule is COCCn1c(SCC(=O)Nc2ccc3c(c2)C(=O)c2ccccc2C3=O)nc2ccccc2c1=O. The minimum absolute atomic E-state index is 0.00937. The molecule has 0 aliphatic heterocycles. The zero-order valence-electron chi connectivity index (χ0n) is 19.3. The van der Waals surface area contributed by atoms with Gasteiger partial charge in [0.2, 0.25) is 5.91 Å². The van der Waals surface area contributed by atoms with E-state index in [9.17, 15) is 19.2 Å². The summed E-state index contributed by atoms with van der Waals surface area (Å²) in [4.78, 5) is 56.0. The van der Waals surface area contributed by atoms with E-state index in [1.807, 2.05) is 0 Å². The number of para-hydroxylation sites is 1. The largest absolute Gasteiger partial charge is 0.383 e. The number of ketones is 2. The standard InChI is InChI=1S/C27H21N3O5S/c1-35-13-12-30-26(34)20-8-4-5-9-22(20)29-27(30)36-15-23(31)28-16-10-11-19-21(14-16)25(33)18-7-3-2-6-17(18)24(19)32/h2-11,14H,12-13,15H2,1H3,(H,28,31). The van der Waals surface area contributed by atoms with Crippen LogP contribution in [0.1, 0.15) is 31.8 Å². The molecule has 0 bridgehead atoms. The third kappa shape index (κ3) is 4.34. The van der Waals surface area contributed by atoms with Crippen LogP contribution >= 0.6 is 11.8 Å². The maximum Gasteiger partial charge on any atom is 0.262 e. The highest BCUT2D eigenvalue weighted by Gasteiger charge is 2.29. The molecule has 3 aromatic carbocycles. The Balaban J connectivity index is 1.35. The molecule has 1 aromatic heterocycles. The van der Waals surface area contributed by atoms with Crippen LogP contribution in [0.4, 0.5) is 5.69 Å². The van der Waals surface area contributed by atoms with Gasteiger partial charge in [0.25, 0.3) is 5.56 Å². The van der Waals surface area contributed by atoms with Crippen LogP contribution in [-0.2, 0) is 16.1 Å².